The van der Waals surface area contributed by atoms with Crippen LogP contribution in [0.4, 0.5) is 0 Å². The Morgan fingerprint density at radius 3 is 2.56 bits per heavy atom. The zero-order chi connectivity index (χ0) is 18.6. The number of aryl methyl sites for hydroxylation is 2. The molecule has 0 N–H and O–H groups in total. The van der Waals surface area contributed by atoms with Crippen LogP contribution in [0.15, 0.2) is 30.6 Å². The molecule has 0 fully saturated rings. The SMILES string of the molecule is Cc1ccc(C)c(Cn2ccnc2CN(C(=O)CC(C)C)C(C)C)c1. The maximum Gasteiger partial charge on any atom is 0.223 e. The Hall–Kier alpha value is -2.10. The summed E-state index contributed by atoms with van der Waals surface area (Å²) in [4.78, 5) is 19.0. The Bertz CT molecular complexity index is 716. The lowest BCUT2D eigenvalue weighted by atomic mass is 10.1. The molecule has 0 bridgehead atoms. The summed E-state index contributed by atoms with van der Waals surface area (Å²) in [6.45, 7) is 13.9. The van der Waals surface area contributed by atoms with Gasteiger partial charge < -0.3 is 9.47 Å². The molecule has 4 nitrogen and oxygen atoms in total. The van der Waals surface area contributed by atoms with Crippen molar-refractivity contribution in [1.29, 1.82) is 0 Å². The van der Waals surface area contributed by atoms with Crippen molar-refractivity contribution in [2.75, 3.05) is 0 Å². The molecule has 0 radical (unpaired) electrons. The molecule has 1 amide bonds. The first kappa shape index (κ1) is 19.2. The van der Waals surface area contributed by atoms with Gasteiger partial charge in [0.2, 0.25) is 5.91 Å². The minimum Gasteiger partial charge on any atom is -0.333 e. The number of hydrogen-bond acceptors (Lipinski definition) is 2. The lowest BCUT2D eigenvalue weighted by molar-refractivity contribution is -0.134. The van der Waals surface area contributed by atoms with Crippen LogP contribution in [0, 0.1) is 19.8 Å². The highest BCUT2D eigenvalue weighted by atomic mass is 16.2. The van der Waals surface area contributed by atoms with Crippen LogP contribution in [0.3, 0.4) is 0 Å². The molecule has 1 aromatic heterocycles. The van der Waals surface area contributed by atoms with Crippen LogP contribution in [-0.2, 0) is 17.9 Å². The molecule has 136 valence electrons. The van der Waals surface area contributed by atoms with Crippen LogP contribution in [0.2, 0.25) is 0 Å². The fourth-order valence-corrected chi connectivity index (χ4v) is 2.97. The summed E-state index contributed by atoms with van der Waals surface area (Å²) in [6.07, 6.45) is 4.41. The summed E-state index contributed by atoms with van der Waals surface area (Å²) >= 11 is 0. The first-order valence-corrected chi connectivity index (χ1v) is 9.13. The van der Waals surface area contributed by atoms with E-state index in [4.69, 9.17) is 0 Å². The minimum atomic E-state index is 0.164. The lowest BCUT2D eigenvalue weighted by Gasteiger charge is -2.27. The third kappa shape index (κ3) is 5.18. The van der Waals surface area contributed by atoms with Crippen molar-refractivity contribution in [1.82, 2.24) is 14.5 Å². The number of rotatable bonds is 7. The molecule has 4 heteroatoms. The van der Waals surface area contributed by atoms with Gasteiger partial charge in [-0.1, -0.05) is 37.6 Å². The molecule has 0 spiro atoms. The van der Waals surface area contributed by atoms with E-state index in [0.29, 0.717) is 18.9 Å². The molecule has 0 unspecified atom stereocenters. The van der Waals surface area contributed by atoms with Gasteiger partial charge in [0.05, 0.1) is 6.54 Å². The first-order valence-electron chi connectivity index (χ1n) is 9.13. The van der Waals surface area contributed by atoms with Crippen molar-refractivity contribution >= 4 is 5.91 Å². The van der Waals surface area contributed by atoms with E-state index in [-0.39, 0.29) is 11.9 Å². The van der Waals surface area contributed by atoms with Gasteiger partial charge >= 0.3 is 0 Å². The molecule has 0 saturated carbocycles. The summed E-state index contributed by atoms with van der Waals surface area (Å²) in [5.74, 6) is 1.50. The number of carbonyl (C=O) groups is 1. The number of hydrogen-bond donors (Lipinski definition) is 0. The number of carbonyl (C=O) groups excluding carboxylic acids is 1. The second-order valence-electron chi connectivity index (χ2n) is 7.61. The average Bonchev–Trinajstić information content (AvgIpc) is 2.94. The normalized spacial score (nSPS) is 11.4. The van der Waals surface area contributed by atoms with Gasteiger partial charge in [0.1, 0.15) is 5.82 Å². The maximum absolute atomic E-state index is 12.6. The number of imidazole rings is 1. The second kappa shape index (κ2) is 8.32. The summed E-state index contributed by atoms with van der Waals surface area (Å²) in [6, 6.07) is 6.69. The molecule has 2 aromatic rings. The van der Waals surface area contributed by atoms with Crippen molar-refractivity contribution in [3.05, 3.63) is 53.1 Å². The number of amides is 1. The molecular formula is C21H31N3O. The van der Waals surface area contributed by atoms with E-state index in [2.05, 4.69) is 69.3 Å². The third-order valence-electron chi connectivity index (χ3n) is 4.49. The molecule has 0 saturated heterocycles. The molecule has 2 rings (SSSR count). The summed E-state index contributed by atoms with van der Waals surface area (Å²) in [5.41, 5.74) is 3.84. The lowest BCUT2D eigenvalue weighted by Crippen LogP contribution is -2.37. The smallest absolute Gasteiger partial charge is 0.223 e. The molecule has 0 aliphatic heterocycles. The molecule has 0 atom stereocenters. The van der Waals surface area contributed by atoms with Gasteiger partial charge in [-0.15, -0.1) is 0 Å². The molecular weight excluding hydrogens is 310 g/mol. The van der Waals surface area contributed by atoms with E-state index in [1.54, 1.807) is 0 Å². The van der Waals surface area contributed by atoms with Gasteiger partial charge in [-0.3, -0.25) is 4.79 Å². The molecule has 25 heavy (non-hydrogen) atoms. The zero-order valence-electron chi connectivity index (χ0n) is 16.4. The monoisotopic (exact) mass is 341 g/mol. The van der Waals surface area contributed by atoms with E-state index >= 15 is 0 Å². The third-order valence-corrected chi connectivity index (χ3v) is 4.49. The standard InChI is InChI=1S/C21H31N3O/c1-15(2)11-21(25)24(16(3)4)14-20-22-9-10-23(20)13-19-12-17(5)7-8-18(19)6/h7-10,12,15-16H,11,13-14H2,1-6H3. The van der Waals surface area contributed by atoms with Gasteiger partial charge in [0.25, 0.3) is 0 Å². The quantitative estimate of drug-likeness (QED) is 0.752. The highest BCUT2D eigenvalue weighted by Gasteiger charge is 2.20. The maximum atomic E-state index is 12.6. The summed E-state index contributed by atoms with van der Waals surface area (Å²) in [5, 5.41) is 0. The Morgan fingerprint density at radius 1 is 1.20 bits per heavy atom. The van der Waals surface area contributed by atoms with E-state index in [1.807, 2.05) is 17.3 Å². The fourth-order valence-electron chi connectivity index (χ4n) is 2.97. The van der Waals surface area contributed by atoms with E-state index in [1.165, 1.54) is 16.7 Å². The highest BCUT2D eigenvalue weighted by molar-refractivity contribution is 5.76. The summed E-state index contributed by atoms with van der Waals surface area (Å²) < 4.78 is 2.15. The van der Waals surface area contributed by atoms with Crippen molar-refractivity contribution in [2.45, 2.75) is 67.1 Å². The van der Waals surface area contributed by atoms with Crippen LogP contribution >= 0.6 is 0 Å². The van der Waals surface area contributed by atoms with Crippen LogP contribution in [0.25, 0.3) is 0 Å². The number of nitrogens with zero attached hydrogens (tertiary/aromatic N) is 3. The van der Waals surface area contributed by atoms with Gasteiger partial charge in [0.15, 0.2) is 0 Å². The van der Waals surface area contributed by atoms with Gasteiger partial charge in [-0.2, -0.15) is 0 Å². The van der Waals surface area contributed by atoms with Crippen LogP contribution in [0.1, 0.15) is 56.6 Å². The fraction of sp³-hybridized carbons (Fsp3) is 0.524. The number of aromatic nitrogens is 2. The molecule has 1 aromatic carbocycles. The predicted octanol–water partition coefficient (Wildman–Crippen LogP) is 4.33. The minimum absolute atomic E-state index is 0.164. The molecule has 0 aliphatic rings. The largest absolute Gasteiger partial charge is 0.333 e. The van der Waals surface area contributed by atoms with Gasteiger partial charge in [-0.05, 0) is 44.7 Å². The first-order chi connectivity index (χ1) is 11.8. The summed E-state index contributed by atoms with van der Waals surface area (Å²) in [7, 11) is 0. The Kier molecular flexibility index (Phi) is 6.40. The van der Waals surface area contributed by atoms with Crippen molar-refractivity contribution in [3.63, 3.8) is 0 Å². The van der Waals surface area contributed by atoms with Gasteiger partial charge in [-0.25, -0.2) is 4.98 Å². The van der Waals surface area contributed by atoms with E-state index in [0.717, 1.165) is 12.4 Å². The van der Waals surface area contributed by atoms with Crippen LogP contribution < -0.4 is 0 Å². The van der Waals surface area contributed by atoms with Crippen LogP contribution in [0.5, 0.6) is 0 Å². The van der Waals surface area contributed by atoms with Gasteiger partial charge in [0, 0.05) is 31.4 Å². The Labute approximate surface area is 151 Å². The average molecular weight is 341 g/mol. The zero-order valence-corrected chi connectivity index (χ0v) is 16.4. The number of benzene rings is 1. The van der Waals surface area contributed by atoms with Crippen molar-refractivity contribution in [3.8, 4) is 0 Å². The second-order valence-corrected chi connectivity index (χ2v) is 7.61. The van der Waals surface area contributed by atoms with Crippen molar-refractivity contribution < 1.29 is 4.79 Å². The molecule has 1 heterocycles. The van der Waals surface area contributed by atoms with Crippen LogP contribution in [-0.4, -0.2) is 26.4 Å². The Balaban J connectivity index is 2.19. The molecule has 0 aliphatic carbocycles. The Morgan fingerprint density at radius 2 is 1.92 bits per heavy atom. The highest BCUT2D eigenvalue weighted by Crippen LogP contribution is 2.16. The van der Waals surface area contributed by atoms with E-state index in [9.17, 15) is 4.79 Å². The predicted molar refractivity (Wildman–Crippen MR) is 102 cm³/mol. The topological polar surface area (TPSA) is 38.1 Å². The van der Waals surface area contributed by atoms with E-state index < -0.39 is 0 Å². The van der Waals surface area contributed by atoms with Crippen molar-refractivity contribution in [2.24, 2.45) is 5.92 Å².